The molecule has 3 nitrogen and oxygen atoms in total. The number of hydrogen-bond donors (Lipinski definition) is 1. The number of hydrazone groups is 1. The molecule has 0 aromatic heterocycles. The summed E-state index contributed by atoms with van der Waals surface area (Å²) in [5.41, 5.74) is 3.85. The predicted molar refractivity (Wildman–Crippen MR) is 92.6 cm³/mol. The van der Waals surface area contributed by atoms with Crippen LogP contribution in [0.1, 0.15) is 104 Å². The average Bonchev–Trinajstić information content (AvgIpc) is 2.48. The Labute approximate surface area is 132 Å². The molecule has 0 aliphatic heterocycles. The van der Waals surface area contributed by atoms with Crippen LogP contribution in [-0.2, 0) is 4.79 Å². The van der Waals surface area contributed by atoms with Gasteiger partial charge in [0.1, 0.15) is 0 Å². The molecule has 0 unspecified atom stereocenters. The van der Waals surface area contributed by atoms with E-state index >= 15 is 0 Å². The molecule has 1 amide bonds. The van der Waals surface area contributed by atoms with Crippen LogP contribution in [0.5, 0.6) is 0 Å². The molecule has 21 heavy (non-hydrogen) atoms. The van der Waals surface area contributed by atoms with Crippen LogP contribution in [0.25, 0.3) is 0 Å². The molecule has 0 bridgehead atoms. The standard InChI is InChI=1S/C18H36N2O/c1-4-7-8-9-10-11-12-13-16-18(21)20-19-17(14-5-2)15-6-3/h4-16H2,1-3H3,(H,20,21). The summed E-state index contributed by atoms with van der Waals surface area (Å²) in [5.74, 6) is 0.0747. The minimum Gasteiger partial charge on any atom is -0.273 e. The third-order valence-corrected chi connectivity index (χ3v) is 3.67. The van der Waals surface area contributed by atoms with E-state index in [2.05, 4.69) is 31.3 Å². The van der Waals surface area contributed by atoms with Crippen molar-refractivity contribution < 1.29 is 4.79 Å². The highest BCUT2D eigenvalue weighted by atomic mass is 16.2. The van der Waals surface area contributed by atoms with Crippen LogP contribution < -0.4 is 5.43 Å². The highest BCUT2D eigenvalue weighted by Gasteiger charge is 2.02. The summed E-state index contributed by atoms with van der Waals surface area (Å²) < 4.78 is 0. The molecule has 124 valence electrons. The molecule has 0 saturated carbocycles. The van der Waals surface area contributed by atoms with Crippen LogP contribution in [0.15, 0.2) is 5.10 Å². The van der Waals surface area contributed by atoms with Gasteiger partial charge in [-0.05, 0) is 19.3 Å². The molecule has 0 spiro atoms. The second-order valence-electron chi connectivity index (χ2n) is 5.94. The van der Waals surface area contributed by atoms with Crippen molar-refractivity contribution in [3.05, 3.63) is 0 Å². The van der Waals surface area contributed by atoms with Crippen LogP contribution in [0.4, 0.5) is 0 Å². The summed E-state index contributed by atoms with van der Waals surface area (Å²) in [4.78, 5) is 11.7. The first-order valence-electron chi connectivity index (χ1n) is 9.08. The Bertz CT molecular complexity index is 266. The van der Waals surface area contributed by atoms with E-state index in [4.69, 9.17) is 0 Å². The van der Waals surface area contributed by atoms with E-state index in [-0.39, 0.29) is 5.91 Å². The second kappa shape index (κ2) is 15.5. The molecule has 0 radical (unpaired) electrons. The van der Waals surface area contributed by atoms with Crippen molar-refractivity contribution in [1.82, 2.24) is 5.43 Å². The van der Waals surface area contributed by atoms with Crippen LogP contribution in [0, 0.1) is 0 Å². The Balaban J connectivity index is 3.58. The van der Waals surface area contributed by atoms with E-state index in [1.807, 2.05) is 0 Å². The molecule has 0 aromatic rings. The molecular weight excluding hydrogens is 260 g/mol. The SMILES string of the molecule is CCCCCCCCCCC(=O)NN=C(CCC)CCC. The molecular formula is C18H36N2O. The summed E-state index contributed by atoms with van der Waals surface area (Å²) in [6.07, 6.45) is 14.9. The lowest BCUT2D eigenvalue weighted by molar-refractivity contribution is -0.121. The van der Waals surface area contributed by atoms with Crippen molar-refractivity contribution in [3.63, 3.8) is 0 Å². The van der Waals surface area contributed by atoms with Gasteiger partial charge >= 0.3 is 0 Å². The van der Waals surface area contributed by atoms with Crippen LogP contribution >= 0.6 is 0 Å². The Hall–Kier alpha value is -0.860. The summed E-state index contributed by atoms with van der Waals surface area (Å²) >= 11 is 0. The number of nitrogens with one attached hydrogen (secondary N) is 1. The fourth-order valence-electron chi connectivity index (χ4n) is 2.43. The van der Waals surface area contributed by atoms with Gasteiger partial charge in [0, 0.05) is 12.1 Å². The maximum Gasteiger partial charge on any atom is 0.240 e. The van der Waals surface area contributed by atoms with E-state index < -0.39 is 0 Å². The van der Waals surface area contributed by atoms with Gasteiger partial charge in [0.15, 0.2) is 0 Å². The first kappa shape index (κ1) is 20.1. The van der Waals surface area contributed by atoms with E-state index in [0.717, 1.165) is 37.8 Å². The van der Waals surface area contributed by atoms with E-state index in [1.54, 1.807) is 0 Å². The van der Waals surface area contributed by atoms with Crippen molar-refractivity contribution in [2.45, 2.75) is 104 Å². The summed E-state index contributed by atoms with van der Waals surface area (Å²) in [6, 6.07) is 0. The lowest BCUT2D eigenvalue weighted by atomic mass is 10.1. The van der Waals surface area contributed by atoms with Crippen LogP contribution in [-0.4, -0.2) is 11.6 Å². The van der Waals surface area contributed by atoms with E-state index in [1.165, 1.54) is 44.9 Å². The fraction of sp³-hybridized carbons (Fsp3) is 0.889. The highest BCUT2D eigenvalue weighted by molar-refractivity contribution is 5.86. The van der Waals surface area contributed by atoms with Crippen molar-refractivity contribution in [1.29, 1.82) is 0 Å². The van der Waals surface area contributed by atoms with Gasteiger partial charge in [-0.3, -0.25) is 4.79 Å². The van der Waals surface area contributed by atoms with Gasteiger partial charge in [-0.2, -0.15) is 5.10 Å². The van der Waals surface area contributed by atoms with Gasteiger partial charge in [0.05, 0.1) is 0 Å². The first-order valence-corrected chi connectivity index (χ1v) is 9.08. The highest BCUT2D eigenvalue weighted by Crippen LogP contribution is 2.09. The minimum atomic E-state index is 0.0747. The van der Waals surface area contributed by atoms with Gasteiger partial charge < -0.3 is 0 Å². The summed E-state index contributed by atoms with van der Waals surface area (Å²) in [6.45, 7) is 6.54. The smallest absolute Gasteiger partial charge is 0.240 e. The largest absolute Gasteiger partial charge is 0.273 e. The normalized spacial score (nSPS) is 10.4. The van der Waals surface area contributed by atoms with Gasteiger partial charge in [0.2, 0.25) is 5.91 Å². The summed E-state index contributed by atoms with van der Waals surface area (Å²) in [5, 5.41) is 4.27. The molecule has 0 rings (SSSR count). The fourth-order valence-corrected chi connectivity index (χ4v) is 2.43. The van der Waals surface area contributed by atoms with E-state index in [9.17, 15) is 4.79 Å². The zero-order chi connectivity index (χ0) is 15.8. The van der Waals surface area contributed by atoms with Crippen molar-refractivity contribution >= 4 is 11.6 Å². The topological polar surface area (TPSA) is 41.5 Å². The zero-order valence-electron chi connectivity index (χ0n) is 14.5. The van der Waals surface area contributed by atoms with Crippen molar-refractivity contribution in [3.8, 4) is 0 Å². The second-order valence-corrected chi connectivity index (χ2v) is 5.94. The Kier molecular flexibility index (Phi) is 14.9. The van der Waals surface area contributed by atoms with Gasteiger partial charge in [0.25, 0.3) is 0 Å². The number of carbonyl (C=O) groups is 1. The van der Waals surface area contributed by atoms with E-state index in [0.29, 0.717) is 6.42 Å². The maximum absolute atomic E-state index is 11.7. The number of amides is 1. The van der Waals surface area contributed by atoms with Gasteiger partial charge in [-0.15, -0.1) is 0 Å². The molecule has 0 heterocycles. The number of unbranched alkanes of at least 4 members (excludes halogenated alkanes) is 7. The molecule has 0 saturated heterocycles. The molecule has 0 fully saturated rings. The monoisotopic (exact) mass is 296 g/mol. The number of carbonyl (C=O) groups excluding carboxylic acids is 1. The zero-order valence-corrected chi connectivity index (χ0v) is 14.5. The number of hydrogen-bond acceptors (Lipinski definition) is 2. The molecule has 1 N–H and O–H groups in total. The average molecular weight is 296 g/mol. The lowest BCUT2D eigenvalue weighted by Crippen LogP contribution is -2.19. The van der Waals surface area contributed by atoms with Gasteiger partial charge in [-0.25, -0.2) is 5.43 Å². The van der Waals surface area contributed by atoms with Crippen molar-refractivity contribution in [2.75, 3.05) is 0 Å². The Morgan fingerprint density at radius 1 is 0.714 bits per heavy atom. The van der Waals surface area contributed by atoms with Gasteiger partial charge in [-0.1, -0.05) is 78.6 Å². The minimum absolute atomic E-state index is 0.0747. The Morgan fingerprint density at radius 2 is 1.24 bits per heavy atom. The first-order chi connectivity index (χ1) is 10.2. The lowest BCUT2D eigenvalue weighted by Gasteiger charge is -2.05. The molecule has 0 aliphatic carbocycles. The number of rotatable bonds is 14. The summed E-state index contributed by atoms with van der Waals surface area (Å²) in [7, 11) is 0. The van der Waals surface area contributed by atoms with Crippen molar-refractivity contribution in [2.24, 2.45) is 5.10 Å². The molecule has 0 aliphatic rings. The number of nitrogens with zero attached hydrogens (tertiary/aromatic N) is 1. The quantitative estimate of drug-likeness (QED) is 0.253. The predicted octanol–water partition coefficient (Wildman–Crippen LogP) is 5.59. The van der Waals surface area contributed by atoms with Crippen LogP contribution in [0.3, 0.4) is 0 Å². The molecule has 3 heteroatoms. The van der Waals surface area contributed by atoms with Crippen LogP contribution in [0.2, 0.25) is 0 Å². The molecule has 0 aromatic carbocycles. The third-order valence-electron chi connectivity index (χ3n) is 3.67. The molecule has 0 atom stereocenters. The maximum atomic E-state index is 11.7. The Morgan fingerprint density at radius 3 is 1.76 bits per heavy atom. The third kappa shape index (κ3) is 13.9.